The second-order valence-corrected chi connectivity index (χ2v) is 12.2. The summed E-state index contributed by atoms with van der Waals surface area (Å²) < 4.78 is 20.8. The van der Waals surface area contributed by atoms with Gasteiger partial charge in [-0.05, 0) is 62.4 Å². The Morgan fingerprint density at radius 3 is 2.63 bits per heavy atom. The number of carbonyl (C=O) groups is 1. The summed E-state index contributed by atoms with van der Waals surface area (Å²) in [7, 11) is 2.12. The lowest BCUT2D eigenvalue weighted by Crippen LogP contribution is -2.45. The molecule has 1 aliphatic heterocycles. The van der Waals surface area contributed by atoms with Crippen LogP contribution in [0.4, 0.5) is 21.6 Å². The first-order chi connectivity index (χ1) is 19.6. The second kappa shape index (κ2) is 12.5. The fourth-order valence-electron chi connectivity index (χ4n) is 5.63. The van der Waals surface area contributed by atoms with Gasteiger partial charge in [0.05, 0.1) is 12.3 Å². The third-order valence-electron chi connectivity index (χ3n) is 7.85. The minimum atomic E-state index is -0.369. The van der Waals surface area contributed by atoms with E-state index < -0.39 is 0 Å². The molecule has 10 heteroatoms. The lowest BCUT2D eigenvalue weighted by Gasteiger charge is -2.42. The highest BCUT2D eigenvalue weighted by molar-refractivity contribution is 5.90. The maximum Gasteiger partial charge on any atom is 0.257 e. The molecular weight excluding hydrogens is 521 g/mol. The van der Waals surface area contributed by atoms with Gasteiger partial charge in [0.15, 0.2) is 0 Å². The van der Waals surface area contributed by atoms with Crippen molar-refractivity contribution in [1.29, 1.82) is 0 Å². The van der Waals surface area contributed by atoms with Crippen LogP contribution in [0, 0.1) is 24.1 Å². The number of hydrogen-bond donors (Lipinski definition) is 2. The number of aryl methyl sites for hydroxylation is 1. The second-order valence-electron chi connectivity index (χ2n) is 12.2. The lowest BCUT2D eigenvalue weighted by atomic mass is 9.65. The fourth-order valence-corrected chi connectivity index (χ4v) is 5.63. The smallest absolute Gasteiger partial charge is 0.257 e. The van der Waals surface area contributed by atoms with Crippen LogP contribution in [0.25, 0.3) is 11.3 Å². The SMILES string of the molecule is Cc1ccc(F)c(-c2cc(Nc3ccnc(NC(=O)CCN4CCN(C)CC4)c3)c(OCC3CC(C)(C)C3)nn2)c1. The number of pyridine rings is 1. The first-order valence-corrected chi connectivity index (χ1v) is 14.3. The molecule has 0 bridgehead atoms. The number of amides is 1. The zero-order valence-corrected chi connectivity index (χ0v) is 24.4. The Kier molecular flexibility index (Phi) is 8.79. The predicted molar refractivity (Wildman–Crippen MR) is 159 cm³/mol. The minimum Gasteiger partial charge on any atom is -0.475 e. The van der Waals surface area contributed by atoms with Gasteiger partial charge >= 0.3 is 0 Å². The predicted octanol–water partition coefficient (Wildman–Crippen LogP) is 5.12. The number of rotatable bonds is 10. The molecule has 2 aliphatic rings. The van der Waals surface area contributed by atoms with Crippen molar-refractivity contribution in [3.63, 3.8) is 0 Å². The molecule has 0 radical (unpaired) electrons. The summed E-state index contributed by atoms with van der Waals surface area (Å²) in [5.41, 5.74) is 3.29. The number of carbonyl (C=O) groups excluding carboxylic acids is 1. The fraction of sp³-hybridized carbons (Fsp3) is 0.484. The molecule has 0 unspecified atom stereocenters. The number of nitrogens with one attached hydrogen (secondary N) is 2. The van der Waals surface area contributed by atoms with Crippen LogP contribution in [-0.4, -0.2) is 77.3 Å². The molecule has 3 heterocycles. The van der Waals surface area contributed by atoms with Crippen molar-refractivity contribution in [2.45, 2.75) is 40.0 Å². The average molecular weight is 562 g/mol. The molecule has 41 heavy (non-hydrogen) atoms. The van der Waals surface area contributed by atoms with E-state index in [1.165, 1.54) is 6.07 Å². The Hall–Kier alpha value is -3.63. The molecule has 0 spiro atoms. The number of nitrogens with zero attached hydrogens (tertiary/aromatic N) is 5. The van der Waals surface area contributed by atoms with Crippen molar-refractivity contribution in [3.8, 4) is 17.1 Å². The molecule has 2 fully saturated rings. The maximum absolute atomic E-state index is 14.7. The van der Waals surface area contributed by atoms with Gasteiger partial charge in [-0.15, -0.1) is 10.2 Å². The summed E-state index contributed by atoms with van der Waals surface area (Å²) in [5, 5.41) is 14.9. The van der Waals surface area contributed by atoms with Crippen LogP contribution in [0.15, 0.2) is 42.6 Å². The molecule has 218 valence electrons. The monoisotopic (exact) mass is 561 g/mol. The van der Waals surface area contributed by atoms with Crippen molar-refractivity contribution in [3.05, 3.63) is 54.0 Å². The van der Waals surface area contributed by atoms with E-state index >= 15 is 0 Å². The van der Waals surface area contributed by atoms with E-state index in [-0.39, 0.29) is 11.7 Å². The zero-order chi connectivity index (χ0) is 29.0. The van der Waals surface area contributed by atoms with Crippen LogP contribution < -0.4 is 15.4 Å². The van der Waals surface area contributed by atoms with Crippen molar-refractivity contribution in [2.75, 3.05) is 57.0 Å². The van der Waals surface area contributed by atoms with Crippen LogP contribution in [0.2, 0.25) is 0 Å². The van der Waals surface area contributed by atoms with Crippen molar-refractivity contribution >= 4 is 23.1 Å². The summed E-state index contributed by atoms with van der Waals surface area (Å²) in [6, 6.07) is 10.2. The van der Waals surface area contributed by atoms with Gasteiger partial charge in [-0.2, -0.15) is 0 Å². The van der Waals surface area contributed by atoms with Crippen molar-refractivity contribution in [2.24, 2.45) is 11.3 Å². The zero-order valence-electron chi connectivity index (χ0n) is 24.4. The molecule has 0 atom stereocenters. The van der Waals surface area contributed by atoms with Gasteiger partial charge in [0, 0.05) is 62.7 Å². The van der Waals surface area contributed by atoms with Crippen molar-refractivity contribution in [1.82, 2.24) is 25.0 Å². The third kappa shape index (κ3) is 7.77. The molecule has 1 saturated heterocycles. The normalized spacial score (nSPS) is 17.6. The molecule has 1 aliphatic carbocycles. The number of aromatic nitrogens is 3. The van der Waals surface area contributed by atoms with E-state index in [2.05, 4.69) is 56.5 Å². The minimum absolute atomic E-state index is 0.0798. The highest BCUT2D eigenvalue weighted by atomic mass is 19.1. The topological polar surface area (TPSA) is 95.5 Å². The maximum atomic E-state index is 14.7. The first kappa shape index (κ1) is 28.9. The van der Waals surface area contributed by atoms with Gasteiger partial charge in [0.2, 0.25) is 5.91 Å². The van der Waals surface area contributed by atoms with Gasteiger partial charge in [0.25, 0.3) is 5.88 Å². The van der Waals surface area contributed by atoms with Crippen LogP contribution in [0.5, 0.6) is 5.88 Å². The van der Waals surface area contributed by atoms with Crippen molar-refractivity contribution < 1.29 is 13.9 Å². The molecule has 2 aromatic heterocycles. The van der Waals surface area contributed by atoms with E-state index in [1.807, 2.05) is 6.92 Å². The van der Waals surface area contributed by atoms with E-state index in [0.29, 0.717) is 58.7 Å². The average Bonchev–Trinajstić information content (AvgIpc) is 2.92. The summed E-state index contributed by atoms with van der Waals surface area (Å²) in [6.07, 6.45) is 4.22. The summed E-state index contributed by atoms with van der Waals surface area (Å²) >= 11 is 0. The number of ether oxygens (including phenoxy) is 1. The van der Waals surface area contributed by atoms with E-state index in [4.69, 9.17) is 4.74 Å². The summed E-state index contributed by atoms with van der Waals surface area (Å²) in [4.78, 5) is 21.6. The Bertz CT molecular complexity index is 1370. The van der Waals surface area contributed by atoms with Crippen LogP contribution in [0.1, 0.15) is 38.7 Å². The Labute approximate surface area is 241 Å². The largest absolute Gasteiger partial charge is 0.475 e. The molecule has 3 aromatic rings. The molecule has 1 saturated carbocycles. The molecule has 1 aromatic carbocycles. The van der Waals surface area contributed by atoms with E-state index in [9.17, 15) is 9.18 Å². The van der Waals surface area contributed by atoms with Crippen LogP contribution in [0.3, 0.4) is 0 Å². The van der Waals surface area contributed by atoms with Gasteiger partial charge in [-0.25, -0.2) is 9.37 Å². The number of likely N-dealkylation sites (N-methyl/N-ethyl adjacent to an activating group) is 1. The highest BCUT2D eigenvalue weighted by Gasteiger charge is 2.36. The van der Waals surface area contributed by atoms with Crippen LogP contribution >= 0.6 is 0 Å². The number of anilines is 3. The third-order valence-corrected chi connectivity index (χ3v) is 7.85. The number of hydrogen-bond acceptors (Lipinski definition) is 8. The molecular formula is C31H40FN7O2. The molecule has 5 rings (SSSR count). The molecule has 1 amide bonds. The van der Waals surface area contributed by atoms with E-state index in [1.54, 1.807) is 36.5 Å². The first-order valence-electron chi connectivity index (χ1n) is 14.3. The standard InChI is InChI=1S/C31H40FN7O2/c1-21-5-6-25(32)24(15-21)26-17-27(30(37-36-26)41-20-22-18-31(2,3)19-22)34-23-7-9-33-28(16-23)35-29(40)8-10-39-13-11-38(4)12-14-39/h5-7,9,15-17,22H,8,10-14,18-20H2,1-4H3,(H2,33,34,35,36,40). The summed E-state index contributed by atoms with van der Waals surface area (Å²) in [5.74, 6) is 0.809. The highest BCUT2D eigenvalue weighted by Crippen LogP contribution is 2.45. The van der Waals surface area contributed by atoms with Gasteiger partial charge in [-0.3, -0.25) is 4.79 Å². The number of halogens is 1. The molecule has 9 nitrogen and oxygen atoms in total. The summed E-state index contributed by atoms with van der Waals surface area (Å²) in [6.45, 7) is 11.7. The van der Waals surface area contributed by atoms with Gasteiger partial charge in [-0.1, -0.05) is 25.5 Å². The lowest BCUT2D eigenvalue weighted by molar-refractivity contribution is -0.116. The van der Waals surface area contributed by atoms with Gasteiger partial charge in [0.1, 0.15) is 17.3 Å². The van der Waals surface area contributed by atoms with Crippen LogP contribution in [-0.2, 0) is 4.79 Å². The van der Waals surface area contributed by atoms with Gasteiger partial charge < -0.3 is 25.2 Å². The quantitative estimate of drug-likeness (QED) is 0.352. The Morgan fingerprint density at radius 1 is 1.10 bits per heavy atom. The molecule has 2 N–H and O–H groups in total. The number of piperazine rings is 1. The van der Waals surface area contributed by atoms with E-state index in [0.717, 1.165) is 51.1 Å². The number of benzene rings is 1. The Morgan fingerprint density at radius 2 is 1.88 bits per heavy atom. The Balaban J connectivity index is 1.29.